The molecule has 10 heteroatoms. The molecule has 40 heavy (non-hydrogen) atoms. The van der Waals surface area contributed by atoms with Crippen molar-refractivity contribution in [3.63, 3.8) is 0 Å². The van der Waals surface area contributed by atoms with Gasteiger partial charge in [0.25, 0.3) is 0 Å². The second-order valence-corrected chi connectivity index (χ2v) is 9.48. The van der Waals surface area contributed by atoms with Crippen molar-refractivity contribution in [2.45, 2.75) is 18.5 Å². The minimum absolute atomic E-state index is 0.174. The lowest BCUT2D eigenvalue weighted by Gasteiger charge is -2.26. The number of carbonyl (C=O) groups excluding carboxylic acids is 2. The Bertz CT molecular complexity index is 1520. The zero-order valence-electron chi connectivity index (χ0n) is 22.0. The SMILES string of the molecule is COC(=O)c1cccc(-c2ccc([C@@H]3[C@H](c4ccccn4)NC(=S)N3CCC(=O)Nc3ccccc3OC)o2)c1. The predicted octanol–water partition coefficient (Wildman–Crippen LogP) is 5.14. The molecule has 2 aromatic heterocycles. The highest BCUT2D eigenvalue weighted by Crippen LogP contribution is 2.40. The van der Waals surface area contributed by atoms with Gasteiger partial charge in [-0.3, -0.25) is 9.78 Å². The molecule has 0 radical (unpaired) electrons. The van der Waals surface area contributed by atoms with Crippen LogP contribution < -0.4 is 15.4 Å². The summed E-state index contributed by atoms with van der Waals surface area (Å²) in [5.74, 6) is 1.22. The van der Waals surface area contributed by atoms with Crippen molar-refractivity contribution in [2.75, 3.05) is 26.1 Å². The number of esters is 1. The number of para-hydroxylation sites is 2. The molecule has 2 N–H and O–H groups in total. The highest BCUT2D eigenvalue weighted by atomic mass is 32.1. The number of thiocarbonyl (C=S) groups is 1. The van der Waals surface area contributed by atoms with Gasteiger partial charge in [-0.1, -0.05) is 30.3 Å². The number of anilines is 1. The summed E-state index contributed by atoms with van der Waals surface area (Å²) in [6.07, 6.45) is 1.91. The van der Waals surface area contributed by atoms with Crippen molar-refractivity contribution >= 4 is 34.9 Å². The largest absolute Gasteiger partial charge is 0.495 e. The van der Waals surface area contributed by atoms with Gasteiger partial charge in [-0.05, 0) is 60.7 Å². The zero-order valence-corrected chi connectivity index (χ0v) is 22.8. The van der Waals surface area contributed by atoms with Gasteiger partial charge in [-0.15, -0.1) is 0 Å². The molecule has 204 valence electrons. The number of pyridine rings is 1. The first-order chi connectivity index (χ1) is 19.5. The van der Waals surface area contributed by atoms with E-state index in [0.717, 1.165) is 11.3 Å². The minimum atomic E-state index is -0.424. The van der Waals surface area contributed by atoms with Gasteiger partial charge in [-0.2, -0.15) is 0 Å². The Morgan fingerprint density at radius 3 is 2.65 bits per heavy atom. The number of nitrogens with one attached hydrogen (secondary N) is 2. The lowest BCUT2D eigenvalue weighted by atomic mass is 10.0. The van der Waals surface area contributed by atoms with E-state index in [2.05, 4.69) is 15.6 Å². The van der Waals surface area contributed by atoms with Crippen molar-refractivity contribution in [1.29, 1.82) is 0 Å². The number of methoxy groups -OCH3 is 2. The van der Waals surface area contributed by atoms with Gasteiger partial charge in [0.05, 0.1) is 37.2 Å². The number of aromatic nitrogens is 1. The Hall–Kier alpha value is -4.70. The van der Waals surface area contributed by atoms with Gasteiger partial charge in [-0.25, -0.2) is 4.79 Å². The Balaban J connectivity index is 1.40. The number of nitrogens with zero attached hydrogens (tertiary/aromatic N) is 2. The summed E-state index contributed by atoms with van der Waals surface area (Å²) in [5.41, 5.74) is 2.56. The number of carbonyl (C=O) groups is 2. The van der Waals surface area contributed by atoms with Crippen LogP contribution in [0.4, 0.5) is 5.69 Å². The number of furan rings is 1. The monoisotopic (exact) mass is 556 g/mol. The standard InChI is InChI=1S/C30H28N4O5S/c1-37-24-12-4-3-10-21(24)32-26(35)15-17-34-28(27(33-30(34)40)22-11-5-6-16-31-22)25-14-13-23(39-25)19-8-7-9-20(18-19)29(36)38-2/h3-14,16,18,27-28H,15,17H2,1-2H3,(H,32,35)(H,33,40)/t27-,28+/m0/s1. The summed E-state index contributed by atoms with van der Waals surface area (Å²) in [5, 5.41) is 6.77. The molecule has 0 bridgehead atoms. The van der Waals surface area contributed by atoms with Crippen LogP contribution in [0, 0.1) is 0 Å². The summed E-state index contributed by atoms with van der Waals surface area (Å²) in [7, 11) is 2.91. The molecule has 1 fully saturated rings. The van der Waals surface area contributed by atoms with Crippen LogP contribution in [0.1, 0.15) is 40.3 Å². The van der Waals surface area contributed by atoms with E-state index in [9.17, 15) is 9.59 Å². The molecule has 2 atom stereocenters. The molecule has 0 unspecified atom stereocenters. The van der Waals surface area contributed by atoms with E-state index in [1.165, 1.54) is 7.11 Å². The fraction of sp³-hybridized carbons (Fsp3) is 0.200. The first kappa shape index (κ1) is 26.9. The maximum absolute atomic E-state index is 12.9. The molecule has 0 saturated carbocycles. The molecule has 3 heterocycles. The zero-order chi connectivity index (χ0) is 28.1. The molecule has 1 aliphatic heterocycles. The van der Waals surface area contributed by atoms with E-state index < -0.39 is 5.97 Å². The molecule has 4 aromatic rings. The van der Waals surface area contributed by atoms with Crippen LogP contribution in [-0.4, -0.2) is 47.6 Å². The molecule has 9 nitrogen and oxygen atoms in total. The Labute approximate surface area is 237 Å². The van der Waals surface area contributed by atoms with Crippen LogP contribution in [-0.2, 0) is 9.53 Å². The molecule has 1 amide bonds. The average Bonchev–Trinajstić information content (AvgIpc) is 3.61. The van der Waals surface area contributed by atoms with Crippen molar-refractivity contribution in [1.82, 2.24) is 15.2 Å². The van der Waals surface area contributed by atoms with Crippen LogP contribution in [0.25, 0.3) is 11.3 Å². The van der Waals surface area contributed by atoms with Crippen molar-refractivity contribution in [2.24, 2.45) is 0 Å². The number of ether oxygens (including phenoxy) is 2. The van der Waals surface area contributed by atoms with E-state index in [4.69, 9.17) is 26.1 Å². The Morgan fingerprint density at radius 1 is 1.05 bits per heavy atom. The lowest BCUT2D eigenvalue weighted by Crippen LogP contribution is -2.32. The Kier molecular flexibility index (Phi) is 8.07. The third kappa shape index (κ3) is 5.67. The van der Waals surface area contributed by atoms with Crippen LogP contribution in [0.5, 0.6) is 5.75 Å². The van der Waals surface area contributed by atoms with Gasteiger partial charge in [0.1, 0.15) is 23.3 Å². The summed E-state index contributed by atoms with van der Waals surface area (Å²) in [6.45, 7) is 0.342. The molecular weight excluding hydrogens is 528 g/mol. The summed E-state index contributed by atoms with van der Waals surface area (Å²) >= 11 is 5.72. The molecule has 0 aliphatic carbocycles. The Morgan fingerprint density at radius 2 is 1.88 bits per heavy atom. The number of hydrogen-bond acceptors (Lipinski definition) is 7. The quantitative estimate of drug-likeness (QED) is 0.214. The van der Waals surface area contributed by atoms with E-state index in [0.29, 0.717) is 40.2 Å². The van der Waals surface area contributed by atoms with Gasteiger partial charge >= 0.3 is 5.97 Å². The van der Waals surface area contributed by atoms with E-state index >= 15 is 0 Å². The second kappa shape index (κ2) is 12.0. The second-order valence-electron chi connectivity index (χ2n) is 9.09. The molecule has 5 rings (SSSR count). The number of hydrogen-bond donors (Lipinski definition) is 2. The van der Waals surface area contributed by atoms with E-state index in [1.54, 1.807) is 43.6 Å². The van der Waals surface area contributed by atoms with Gasteiger partial charge < -0.3 is 29.4 Å². The van der Waals surface area contributed by atoms with Crippen molar-refractivity contribution < 1.29 is 23.5 Å². The predicted molar refractivity (Wildman–Crippen MR) is 154 cm³/mol. The van der Waals surface area contributed by atoms with Crippen molar-refractivity contribution in [3.05, 3.63) is 102 Å². The fourth-order valence-corrected chi connectivity index (χ4v) is 5.05. The maximum atomic E-state index is 12.9. The molecule has 2 aromatic carbocycles. The number of amides is 1. The normalized spacial score (nSPS) is 16.4. The topological polar surface area (TPSA) is 106 Å². The third-order valence-corrected chi connectivity index (χ3v) is 7.00. The molecule has 1 saturated heterocycles. The average molecular weight is 557 g/mol. The summed E-state index contributed by atoms with van der Waals surface area (Å²) in [6, 6.07) is 23.1. The fourth-order valence-electron chi connectivity index (χ4n) is 4.72. The van der Waals surface area contributed by atoms with Crippen LogP contribution in [0.3, 0.4) is 0 Å². The molecule has 1 aliphatic rings. The number of rotatable bonds is 9. The first-order valence-corrected chi connectivity index (χ1v) is 13.1. The molecule has 0 spiro atoms. The van der Waals surface area contributed by atoms with Gasteiger partial charge in [0, 0.05) is 24.7 Å². The highest BCUT2D eigenvalue weighted by Gasteiger charge is 2.41. The first-order valence-electron chi connectivity index (χ1n) is 12.7. The molecular formula is C30H28N4O5S. The lowest BCUT2D eigenvalue weighted by molar-refractivity contribution is -0.116. The summed E-state index contributed by atoms with van der Waals surface area (Å²) in [4.78, 5) is 31.4. The smallest absolute Gasteiger partial charge is 0.337 e. The summed E-state index contributed by atoms with van der Waals surface area (Å²) < 4.78 is 16.5. The van der Waals surface area contributed by atoms with Crippen molar-refractivity contribution in [3.8, 4) is 17.1 Å². The minimum Gasteiger partial charge on any atom is -0.495 e. The maximum Gasteiger partial charge on any atom is 0.337 e. The van der Waals surface area contributed by atoms with Gasteiger partial charge in [0.15, 0.2) is 5.11 Å². The van der Waals surface area contributed by atoms with E-state index in [-0.39, 0.29) is 24.4 Å². The highest BCUT2D eigenvalue weighted by molar-refractivity contribution is 7.80. The van der Waals surface area contributed by atoms with E-state index in [1.807, 2.05) is 53.4 Å². The van der Waals surface area contributed by atoms with Gasteiger partial charge in [0.2, 0.25) is 5.91 Å². The van der Waals surface area contributed by atoms with Crippen LogP contribution >= 0.6 is 12.2 Å². The third-order valence-electron chi connectivity index (χ3n) is 6.65. The van der Waals surface area contributed by atoms with Crippen LogP contribution in [0.2, 0.25) is 0 Å². The van der Waals surface area contributed by atoms with Crippen LogP contribution in [0.15, 0.2) is 89.5 Å². The number of benzene rings is 2.